The van der Waals surface area contributed by atoms with Crippen LogP contribution in [0, 0.1) is 25.7 Å². The van der Waals surface area contributed by atoms with Gasteiger partial charge in [-0.2, -0.15) is 4.31 Å². The lowest BCUT2D eigenvalue weighted by atomic mass is 9.98. The largest absolute Gasteiger partial charge is 0.356 e. The van der Waals surface area contributed by atoms with Crippen molar-refractivity contribution in [3.05, 3.63) is 46.8 Å². The molecule has 2 aromatic rings. The first kappa shape index (κ1) is 24.2. The minimum atomic E-state index is -3.85. The number of aromatic nitrogens is 1. The molecule has 2 heterocycles. The van der Waals surface area contributed by atoms with Gasteiger partial charge in [-0.15, -0.1) is 0 Å². The van der Waals surface area contributed by atoms with E-state index in [0.717, 1.165) is 17.5 Å². The molecule has 0 radical (unpaired) electrons. The Balaban J connectivity index is 1.76. The molecular formula is C24H33N3O4S. The third-order valence-corrected chi connectivity index (χ3v) is 7.74. The Kier molecular flexibility index (Phi) is 7.90. The molecule has 32 heavy (non-hydrogen) atoms. The van der Waals surface area contributed by atoms with Crippen molar-refractivity contribution in [1.29, 1.82) is 0 Å². The van der Waals surface area contributed by atoms with Gasteiger partial charge in [-0.25, -0.2) is 8.42 Å². The van der Waals surface area contributed by atoms with Gasteiger partial charge in [0.2, 0.25) is 15.9 Å². The predicted molar refractivity (Wildman–Crippen MR) is 125 cm³/mol. The SMILES string of the molecule is Cc1ccc(C=Cc2onc(C)c2S(=O)(=O)N2CCCC(C(=O)NCCC(C)C)C2)cc1. The van der Waals surface area contributed by atoms with E-state index in [0.29, 0.717) is 37.5 Å². The third-order valence-electron chi connectivity index (χ3n) is 5.71. The molecule has 0 saturated carbocycles. The van der Waals surface area contributed by atoms with Gasteiger partial charge >= 0.3 is 0 Å². The number of hydrogen-bond acceptors (Lipinski definition) is 5. The summed E-state index contributed by atoms with van der Waals surface area (Å²) >= 11 is 0. The number of benzene rings is 1. The molecule has 1 saturated heterocycles. The zero-order chi connectivity index (χ0) is 23.3. The van der Waals surface area contributed by atoms with E-state index in [1.165, 1.54) is 4.31 Å². The molecule has 1 N–H and O–H groups in total. The molecule has 1 fully saturated rings. The van der Waals surface area contributed by atoms with Gasteiger partial charge in [0.15, 0.2) is 10.7 Å². The molecule has 0 aliphatic carbocycles. The van der Waals surface area contributed by atoms with Crippen molar-refractivity contribution in [2.45, 2.75) is 51.9 Å². The van der Waals surface area contributed by atoms with Gasteiger partial charge in [0, 0.05) is 19.6 Å². The molecule has 7 nitrogen and oxygen atoms in total. The van der Waals surface area contributed by atoms with Crippen LogP contribution in [0.25, 0.3) is 12.2 Å². The third kappa shape index (κ3) is 5.86. The van der Waals surface area contributed by atoms with E-state index in [1.807, 2.05) is 31.2 Å². The Bertz CT molecular complexity index is 1060. The average Bonchev–Trinajstić information content (AvgIpc) is 3.14. The second kappa shape index (κ2) is 10.4. The van der Waals surface area contributed by atoms with Crippen molar-refractivity contribution < 1.29 is 17.7 Å². The fourth-order valence-electron chi connectivity index (χ4n) is 3.78. The van der Waals surface area contributed by atoms with E-state index < -0.39 is 10.0 Å². The number of carbonyl (C=O) groups is 1. The number of piperidine rings is 1. The van der Waals surface area contributed by atoms with Crippen LogP contribution < -0.4 is 5.32 Å². The maximum absolute atomic E-state index is 13.5. The van der Waals surface area contributed by atoms with Crippen LogP contribution in [0.15, 0.2) is 33.7 Å². The van der Waals surface area contributed by atoms with Crippen molar-refractivity contribution in [3.63, 3.8) is 0 Å². The summed E-state index contributed by atoms with van der Waals surface area (Å²) in [7, 11) is -3.85. The van der Waals surface area contributed by atoms with Gasteiger partial charge in [0.05, 0.1) is 5.92 Å². The zero-order valence-corrected chi connectivity index (χ0v) is 20.1. The average molecular weight is 460 g/mol. The van der Waals surface area contributed by atoms with Crippen LogP contribution in [0.5, 0.6) is 0 Å². The Morgan fingerprint density at radius 2 is 1.97 bits per heavy atom. The highest BCUT2D eigenvalue weighted by molar-refractivity contribution is 7.89. The van der Waals surface area contributed by atoms with Gasteiger partial charge in [-0.3, -0.25) is 4.79 Å². The summed E-state index contributed by atoms with van der Waals surface area (Å²) in [6.45, 7) is 9.00. The van der Waals surface area contributed by atoms with Crippen LogP contribution in [-0.4, -0.2) is 43.4 Å². The number of rotatable bonds is 8. The first-order valence-corrected chi connectivity index (χ1v) is 12.6. The lowest BCUT2D eigenvalue weighted by molar-refractivity contribution is -0.126. The number of nitrogens with one attached hydrogen (secondary N) is 1. The molecule has 1 aliphatic rings. The first-order chi connectivity index (χ1) is 15.2. The Morgan fingerprint density at radius 3 is 2.66 bits per heavy atom. The normalized spacial score (nSPS) is 17.8. The summed E-state index contributed by atoms with van der Waals surface area (Å²) in [6.07, 6.45) is 5.66. The second-order valence-corrected chi connectivity index (χ2v) is 10.8. The lowest BCUT2D eigenvalue weighted by Crippen LogP contribution is -2.45. The first-order valence-electron chi connectivity index (χ1n) is 11.2. The van der Waals surface area contributed by atoms with Crippen LogP contribution in [0.2, 0.25) is 0 Å². The summed E-state index contributed by atoms with van der Waals surface area (Å²) < 4.78 is 33.7. The number of aryl methyl sites for hydroxylation is 2. The molecular weight excluding hydrogens is 426 g/mol. The lowest BCUT2D eigenvalue weighted by Gasteiger charge is -2.31. The van der Waals surface area contributed by atoms with Crippen molar-refractivity contribution in [2.24, 2.45) is 11.8 Å². The zero-order valence-electron chi connectivity index (χ0n) is 19.3. The Morgan fingerprint density at radius 1 is 1.25 bits per heavy atom. The van der Waals surface area contributed by atoms with Gasteiger partial charge in [0.25, 0.3) is 0 Å². The molecule has 174 valence electrons. The van der Waals surface area contributed by atoms with E-state index in [1.54, 1.807) is 19.1 Å². The minimum Gasteiger partial charge on any atom is -0.356 e. The van der Waals surface area contributed by atoms with Crippen molar-refractivity contribution in [3.8, 4) is 0 Å². The smallest absolute Gasteiger partial charge is 0.248 e. The topological polar surface area (TPSA) is 92.5 Å². The predicted octanol–water partition coefficient (Wildman–Crippen LogP) is 4.02. The Hall–Kier alpha value is -2.45. The van der Waals surface area contributed by atoms with Crippen LogP contribution in [-0.2, 0) is 14.8 Å². The van der Waals surface area contributed by atoms with Crippen LogP contribution in [0.3, 0.4) is 0 Å². The Labute approximate surface area is 190 Å². The molecule has 1 amide bonds. The molecule has 8 heteroatoms. The fraction of sp³-hybridized carbons (Fsp3) is 0.500. The van der Waals surface area contributed by atoms with E-state index >= 15 is 0 Å². The van der Waals surface area contributed by atoms with E-state index in [-0.39, 0.29) is 29.0 Å². The molecule has 1 aromatic carbocycles. The summed E-state index contributed by atoms with van der Waals surface area (Å²) in [6, 6.07) is 7.89. The summed E-state index contributed by atoms with van der Waals surface area (Å²) in [5.74, 6) is 0.276. The maximum Gasteiger partial charge on any atom is 0.248 e. The second-order valence-electron chi connectivity index (χ2n) is 8.88. The summed E-state index contributed by atoms with van der Waals surface area (Å²) in [5, 5.41) is 6.86. The standard InChI is InChI=1S/C24H33N3O4S/c1-17(2)13-14-25-24(28)21-6-5-15-27(16-21)32(29,30)23-19(4)26-31-22(23)12-11-20-9-7-18(3)8-10-20/h7-12,17,21H,5-6,13-16H2,1-4H3,(H,25,28). The molecule has 1 aromatic heterocycles. The molecule has 3 rings (SSSR count). The van der Waals surface area contributed by atoms with Gasteiger partial charge < -0.3 is 9.84 Å². The van der Waals surface area contributed by atoms with Crippen molar-refractivity contribution in [1.82, 2.24) is 14.8 Å². The molecule has 1 aliphatic heterocycles. The number of hydrogen-bond donors (Lipinski definition) is 1. The molecule has 1 unspecified atom stereocenters. The van der Waals surface area contributed by atoms with Crippen LogP contribution in [0.1, 0.15) is 55.7 Å². The van der Waals surface area contributed by atoms with Crippen LogP contribution in [0.4, 0.5) is 0 Å². The van der Waals surface area contributed by atoms with E-state index in [4.69, 9.17) is 4.52 Å². The molecule has 0 spiro atoms. The highest BCUT2D eigenvalue weighted by Crippen LogP contribution is 2.29. The van der Waals surface area contributed by atoms with Gasteiger partial charge in [-0.1, -0.05) is 54.9 Å². The maximum atomic E-state index is 13.5. The number of nitrogens with zero attached hydrogens (tertiary/aromatic N) is 2. The quantitative estimate of drug-likeness (QED) is 0.644. The highest BCUT2D eigenvalue weighted by atomic mass is 32.2. The molecule has 1 atom stereocenters. The summed E-state index contributed by atoms with van der Waals surface area (Å²) in [4.78, 5) is 12.7. The number of sulfonamides is 1. The van der Waals surface area contributed by atoms with Gasteiger partial charge in [0.1, 0.15) is 5.69 Å². The highest BCUT2D eigenvalue weighted by Gasteiger charge is 2.36. The fourth-order valence-corrected chi connectivity index (χ4v) is 5.55. The van der Waals surface area contributed by atoms with Crippen LogP contribution >= 0.6 is 0 Å². The van der Waals surface area contributed by atoms with Crippen molar-refractivity contribution >= 4 is 28.1 Å². The monoisotopic (exact) mass is 459 g/mol. The van der Waals surface area contributed by atoms with Crippen molar-refractivity contribution in [2.75, 3.05) is 19.6 Å². The number of amides is 1. The minimum absolute atomic E-state index is 0.0710. The van der Waals surface area contributed by atoms with E-state index in [2.05, 4.69) is 24.3 Å². The summed E-state index contributed by atoms with van der Waals surface area (Å²) in [5.41, 5.74) is 2.40. The van der Waals surface area contributed by atoms with E-state index in [9.17, 15) is 13.2 Å². The number of carbonyl (C=O) groups excluding carboxylic acids is 1. The van der Waals surface area contributed by atoms with Gasteiger partial charge in [-0.05, 0) is 50.7 Å². The molecule has 0 bridgehead atoms.